The van der Waals surface area contributed by atoms with Crippen LogP contribution in [-0.4, -0.2) is 59.4 Å². The minimum absolute atomic E-state index is 0.0248. The molecule has 0 aliphatic heterocycles. The summed E-state index contributed by atoms with van der Waals surface area (Å²) in [6.45, 7) is 4.76. The molecule has 0 unspecified atom stereocenters. The fourth-order valence-corrected chi connectivity index (χ4v) is 3.33. The SMILES string of the molecule is CC(=O)N[C@@H](Cc1c[nH]c2ccccc12)C(=O)N[C@@](C=O)(CCC(=O)C=N)COC(C)C. The maximum atomic E-state index is 13.2. The third kappa shape index (κ3) is 6.84. The van der Waals surface area contributed by atoms with Crippen LogP contribution < -0.4 is 10.6 Å². The number of carbonyl (C=O) groups excluding carboxylic acids is 4. The molecule has 4 N–H and O–H groups in total. The quantitative estimate of drug-likeness (QED) is 0.276. The first kappa shape index (κ1) is 24.9. The van der Waals surface area contributed by atoms with Gasteiger partial charge in [-0.1, -0.05) is 18.2 Å². The molecule has 9 heteroatoms. The van der Waals surface area contributed by atoms with Crippen LogP contribution in [0.15, 0.2) is 30.5 Å². The maximum Gasteiger partial charge on any atom is 0.243 e. The normalized spacial score (nSPS) is 13.9. The number of nitrogens with one attached hydrogen (secondary N) is 4. The van der Waals surface area contributed by atoms with E-state index in [1.54, 1.807) is 20.0 Å². The molecule has 32 heavy (non-hydrogen) atoms. The van der Waals surface area contributed by atoms with Gasteiger partial charge in [-0.15, -0.1) is 0 Å². The van der Waals surface area contributed by atoms with Crippen molar-refractivity contribution in [3.05, 3.63) is 36.0 Å². The number of ketones is 1. The average Bonchev–Trinajstić information content (AvgIpc) is 3.17. The van der Waals surface area contributed by atoms with Crippen LogP contribution in [0.2, 0.25) is 0 Å². The number of aldehydes is 1. The van der Waals surface area contributed by atoms with Crippen LogP contribution >= 0.6 is 0 Å². The predicted molar refractivity (Wildman–Crippen MR) is 121 cm³/mol. The highest BCUT2D eigenvalue weighted by Crippen LogP contribution is 2.20. The molecule has 0 saturated carbocycles. The topological polar surface area (TPSA) is 141 Å². The molecule has 2 amide bonds. The second-order valence-electron chi connectivity index (χ2n) is 8.05. The Labute approximate surface area is 186 Å². The molecular formula is C23H30N4O5. The van der Waals surface area contributed by atoms with E-state index in [1.165, 1.54) is 6.92 Å². The van der Waals surface area contributed by atoms with Gasteiger partial charge < -0.3 is 30.6 Å². The zero-order chi connectivity index (χ0) is 23.7. The molecule has 2 aromatic rings. The van der Waals surface area contributed by atoms with E-state index in [9.17, 15) is 19.2 Å². The number of carbonyl (C=O) groups is 4. The second-order valence-corrected chi connectivity index (χ2v) is 8.05. The lowest BCUT2D eigenvalue weighted by atomic mass is 9.93. The number of H-pyrrole nitrogens is 1. The molecule has 0 bridgehead atoms. The lowest BCUT2D eigenvalue weighted by molar-refractivity contribution is -0.133. The smallest absolute Gasteiger partial charge is 0.243 e. The number of para-hydroxylation sites is 1. The van der Waals surface area contributed by atoms with Crippen molar-refractivity contribution in [2.24, 2.45) is 0 Å². The maximum absolute atomic E-state index is 13.2. The molecule has 0 radical (unpaired) electrons. The van der Waals surface area contributed by atoms with Crippen molar-refractivity contribution < 1.29 is 23.9 Å². The Bertz CT molecular complexity index is 984. The Morgan fingerprint density at radius 2 is 1.97 bits per heavy atom. The van der Waals surface area contributed by atoms with E-state index in [2.05, 4.69) is 15.6 Å². The fourth-order valence-electron chi connectivity index (χ4n) is 3.33. The summed E-state index contributed by atoms with van der Waals surface area (Å²) in [7, 11) is 0. The highest BCUT2D eigenvalue weighted by Gasteiger charge is 2.35. The molecule has 9 nitrogen and oxygen atoms in total. The molecule has 172 valence electrons. The average molecular weight is 443 g/mol. The van der Waals surface area contributed by atoms with E-state index in [0.717, 1.165) is 16.5 Å². The van der Waals surface area contributed by atoms with Gasteiger partial charge in [-0.2, -0.15) is 0 Å². The molecule has 2 atom stereocenters. The number of rotatable bonds is 13. The van der Waals surface area contributed by atoms with Gasteiger partial charge in [-0.05, 0) is 31.9 Å². The minimum atomic E-state index is -1.46. The molecule has 2 rings (SSSR count). The zero-order valence-electron chi connectivity index (χ0n) is 18.6. The van der Waals surface area contributed by atoms with Gasteiger partial charge in [0.1, 0.15) is 17.9 Å². The molecule has 1 aromatic heterocycles. The molecule has 0 aliphatic carbocycles. The number of fused-ring (bicyclic) bond motifs is 1. The molecule has 0 saturated heterocycles. The standard InChI is InChI=1S/C23H30N4O5/c1-15(2)32-14-23(13-28,9-8-18(30)11-24)27-22(31)21(26-16(3)29)10-17-12-25-20-7-5-4-6-19(17)20/h4-7,11-13,15,21,24-25H,8-10,14H2,1-3H3,(H,26,29)(H,27,31)/t21-,23+/m0/s1. The summed E-state index contributed by atoms with van der Waals surface area (Å²) in [6.07, 6.45) is 2.89. The number of hydrogen-bond acceptors (Lipinski definition) is 6. The van der Waals surface area contributed by atoms with E-state index >= 15 is 0 Å². The van der Waals surface area contributed by atoms with E-state index in [0.29, 0.717) is 12.5 Å². The first-order chi connectivity index (χ1) is 15.2. The van der Waals surface area contributed by atoms with Crippen molar-refractivity contribution in [2.75, 3.05) is 6.61 Å². The Morgan fingerprint density at radius 1 is 1.25 bits per heavy atom. The summed E-state index contributed by atoms with van der Waals surface area (Å²) >= 11 is 0. The molecule has 0 fully saturated rings. The summed E-state index contributed by atoms with van der Waals surface area (Å²) in [6, 6.07) is 6.66. The lowest BCUT2D eigenvalue weighted by Crippen LogP contribution is -2.59. The van der Waals surface area contributed by atoms with Crippen molar-refractivity contribution in [3.8, 4) is 0 Å². The summed E-state index contributed by atoms with van der Waals surface area (Å²) < 4.78 is 5.58. The summed E-state index contributed by atoms with van der Waals surface area (Å²) in [5.74, 6) is -1.42. The van der Waals surface area contributed by atoms with Gasteiger partial charge in [-0.25, -0.2) is 0 Å². The number of aromatic nitrogens is 1. The van der Waals surface area contributed by atoms with Crippen LogP contribution in [0.1, 0.15) is 39.2 Å². The van der Waals surface area contributed by atoms with Crippen LogP contribution in [0.4, 0.5) is 0 Å². The third-order valence-electron chi connectivity index (χ3n) is 5.04. The van der Waals surface area contributed by atoms with Gasteiger partial charge in [0.05, 0.1) is 18.9 Å². The predicted octanol–water partition coefficient (Wildman–Crippen LogP) is 1.69. The highest BCUT2D eigenvalue weighted by molar-refractivity contribution is 6.26. The van der Waals surface area contributed by atoms with Gasteiger partial charge >= 0.3 is 0 Å². The Balaban J connectivity index is 2.27. The summed E-state index contributed by atoms with van der Waals surface area (Å²) in [5, 5.41) is 13.3. The molecule has 0 aliphatic rings. The monoisotopic (exact) mass is 442 g/mol. The number of amides is 2. The number of hydrogen-bond donors (Lipinski definition) is 4. The van der Waals surface area contributed by atoms with Crippen LogP contribution in [0.3, 0.4) is 0 Å². The second kappa shape index (κ2) is 11.3. The van der Waals surface area contributed by atoms with Crippen molar-refractivity contribution in [3.63, 3.8) is 0 Å². The molecule has 1 aromatic carbocycles. The van der Waals surface area contributed by atoms with Crippen LogP contribution in [-0.2, 0) is 30.3 Å². The highest BCUT2D eigenvalue weighted by atomic mass is 16.5. The van der Waals surface area contributed by atoms with E-state index in [-0.39, 0.29) is 37.9 Å². The van der Waals surface area contributed by atoms with Crippen molar-refractivity contribution >= 4 is 41.0 Å². The molecular weight excluding hydrogens is 412 g/mol. The minimum Gasteiger partial charge on any atom is -0.376 e. The number of aromatic amines is 1. The van der Waals surface area contributed by atoms with Crippen molar-refractivity contribution in [1.82, 2.24) is 15.6 Å². The van der Waals surface area contributed by atoms with Crippen molar-refractivity contribution in [1.29, 1.82) is 5.41 Å². The van der Waals surface area contributed by atoms with Crippen LogP contribution in [0.25, 0.3) is 10.9 Å². The van der Waals surface area contributed by atoms with Gasteiger partial charge in [-0.3, -0.25) is 14.4 Å². The number of Topliss-reactive ketones (excluding diaryl/α,β-unsaturated/α-hetero) is 1. The van der Waals surface area contributed by atoms with Gasteiger partial charge in [0.2, 0.25) is 11.8 Å². The number of ether oxygens (including phenoxy) is 1. The summed E-state index contributed by atoms with van der Waals surface area (Å²) in [5.41, 5.74) is 0.280. The van der Waals surface area contributed by atoms with Crippen molar-refractivity contribution in [2.45, 2.75) is 57.7 Å². The third-order valence-corrected chi connectivity index (χ3v) is 5.04. The Kier molecular flexibility index (Phi) is 8.83. The summed E-state index contributed by atoms with van der Waals surface area (Å²) in [4.78, 5) is 51.8. The molecule has 1 heterocycles. The van der Waals surface area contributed by atoms with Crippen LogP contribution in [0, 0.1) is 5.41 Å². The van der Waals surface area contributed by atoms with E-state index in [1.807, 2.05) is 24.3 Å². The zero-order valence-corrected chi connectivity index (χ0v) is 18.6. The van der Waals surface area contributed by atoms with E-state index in [4.69, 9.17) is 10.1 Å². The van der Waals surface area contributed by atoms with E-state index < -0.39 is 23.3 Å². The Hall–Kier alpha value is -3.33. The first-order valence-electron chi connectivity index (χ1n) is 10.4. The number of benzene rings is 1. The van der Waals surface area contributed by atoms with Gasteiger partial charge in [0.25, 0.3) is 0 Å². The first-order valence-corrected chi connectivity index (χ1v) is 10.4. The van der Waals surface area contributed by atoms with Gasteiger partial charge in [0.15, 0.2) is 5.78 Å². The lowest BCUT2D eigenvalue weighted by Gasteiger charge is -2.31. The Morgan fingerprint density at radius 3 is 2.59 bits per heavy atom. The fraction of sp³-hybridized carbons (Fsp3) is 0.435. The van der Waals surface area contributed by atoms with Gasteiger partial charge in [0, 0.05) is 36.9 Å². The van der Waals surface area contributed by atoms with Crippen LogP contribution in [0.5, 0.6) is 0 Å². The largest absolute Gasteiger partial charge is 0.376 e. The molecule has 0 spiro atoms.